The van der Waals surface area contributed by atoms with Crippen LogP contribution in [0.2, 0.25) is 0 Å². The van der Waals surface area contributed by atoms with Gasteiger partial charge in [0.05, 0.1) is 12.6 Å². The second kappa shape index (κ2) is 3.23. The Labute approximate surface area is 74.2 Å². The number of hydrogen-bond donors (Lipinski definition) is 1. The summed E-state index contributed by atoms with van der Waals surface area (Å²) in [4.78, 5) is 5.40. The predicted octanol–water partition coefficient (Wildman–Crippen LogP) is 1.03. The van der Waals surface area contributed by atoms with Gasteiger partial charge in [0, 0.05) is 24.5 Å². The standard InChI is InChI=1S/C10H16N2/c1-10(2,3)12(4)9-5-7-11-8-6-9/h5-8H,1-4H3/p+1. The van der Waals surface area contributed by atoms with E-state index in [-0.39, 0.29) is 5.54 Å². The van der Waals surface area contributed by atoms with E-state index < -0.39 is 0 Å². The largest absolute Gasteiger partial charge is 0.301 e. The zero-order chi connectivity index (χ0) is 9.19. The number of nitrogens with one attached hydrogen (secondary N) is 1. The molecule has 1 atom stereocenters. The highest BCUT2D eigenvalue weighted by atomic mass is 15.2. The van der Waals surface area contributed by atoms with E-state index in [9.17, 15) is 0 Å². The minimum Gasteiger partial charge on any atom is -0.301 e. The Bertz CT molecular complexity index is 236. The van der Waals surface area contributed by atoms with Gasteiger partial charge in [-0.15, -0.1) is 0 Å². The molecule has 0 amide bonds. The number of quaternary nitrogens is 1. The van der Waals surface area contributed by atoms with Crippen LogP contribution in [0.15, 0.2) is 24.5 Å². The summed E-state index contributed by atoms with van der Waals surface area (Å²) in [5, 5.41) is 0. The van der Waals surface area contributed by atoms with Gasteiger partial charge in [-0.1, -0.05) is 0 Å². The topological polar surface area (TPSA) is 17.3 Å². The van der Waals surface area contributed by atoms with Crippen LogP contribution in [0, 0.1) is 0 Å². The van der Waals surface area contributed by atoms with Gasteiger partial charge < -0.3 is 4.90 Å². The summed E-state index contributed by atoms with van der Waals surface area (Å²) in [6.45, 7) is 6.67. The van der Waals surface area contributed by atoms with E-state index in [1.165, 1.54) is 10.6 Å². The van der Waals surface area contributed by atoms with Gasteiger partial charge in [-0.05, 0) is 20.8 Å². The second-order valence-corrected chi connectivity index (χ2v) is 4.11. The lowest BCUT2D eigenvalue weighted by Crippen LogP contribution is -3.11. The third-order valence-corrected chi connectivity index (χ3v) is 2.24. The first kappa shape index (κ1) is 9.20. The summed E-state index contributed by atoms with van der Waals surface area (Å²) in [6, 6.07) is 4.11. The highest BCUT2D eigenvalue weighted by Gasteiger charge is 2.22. The van der Waals surface area contributed by atoms with Gasteiger partial charge in [-0.2, -0.15) is 0 Å². The summed E-state index contributed by atoms with van der Waals surface area (Å²) in [7, 11) is 2.18. The molecule has 2 heteroatoms. The summed E-state index contributed by atoms with van der Waals surface area (Å²) in [5.74, 6) is 0. The lowest BCUT2D eigenvalue weighted by molar-refractivity contribution is -0.863. The number of aromatic nitrogens is 1. The smallest absolute Gasteiger partial charge is 0.134 e. The van der Waals surface area contributed by atoms with E-state index in [4.69, 9.17) is 0 Å². The molecule has 1 N–H and O–H groups in total. The Kier molecular flexibility index (Phi) is 2.48. The molecular formula is C10H17N2+. The molecule has 0 aromatic carbocycles. The van der Waals surface area contributed by atoms with Crippen LogP contribution in [0.25, 0.3) is 0 Å². The molecule has 1 aromatic rings. The fourth-order valence-electron chi connectivity index (χ4n) is 1.03. The van der Waals surface area contributed by atoms with E-state index in [0.717, 1.165) is 0 Å². The van der Waals surface area contributed by atoms with Crippen molar-refractivity contribution in [2.24, 2.45) is 0 Å². The van der Waals surface area contributed by atoms with E-state index in [1.54, 1.807) is 0 Å². The molecule has 66 valence electrons. The average molecular weight is 165 g/mol. The Morgan fingerprint density at radius 1 is 1.17 bits per heavy atom. The molecule has 12 heavy (non-hydrogen) atoms. The molecule has 0 bridgehead atoms. The molecule has 0 saturated heterocycles. The van der Waals surface area contributed by atoms with Crippen molar-refractivity contribution in [3.8, 4) is 0 Å². The van der Waals surface area contributed by atoms with Crippen molar-refractivity contribution in [3.63, 3.8) is 0 Å². The van der Waals surface area contributed by atoms with Crippen molar-refractivity contribution >= 4 is 5.69 Å². The van der Waals surface area contributed by atoms with Crippen LogP contribution in [0.1, 0.15) is 20.8 Å². The van der Waals surface area contributed by atoms with Crippen LogP contribution in [-0.2, 0) is 0 Å². The van der Waals surface area contributed by atoms with Gasteiger partial charge in [0.1, 0.15) is 5.69 Å². The molecule has 1 heterocycles. The van der Waals surface area contributed by atoms with Crippen LogP contribution in [0.4, 0.5) is 5.69 Å². The molecule has 0 spiro atoms. The van der Waals surface area contributed by atoms with Crippen LogP contribution in [0.5, 0.6) is 0 Å². The van der Waals surface area contributed by atoms with E-state index in [0.29, 0.717) is 0 Å². The fourth-order valence-corrected chi connectivity index (χ4v) is 1.03. The average Bonchev–Trinajstić information content (AvgIpc) is 2.03. The summed E-state index contributed by atoms with van der Waals surface area (Å²) in [6.07, 6.45) is 3.68. The molecule has 0 fully saturated rings. The Morgan fingerprint density at radius 3 is 2.08 bits per heavy atom. The van der Waals surface area contributed by atoms with Crippen LogP contribution in [0.3, 0.4) is 0 Å². The molecular weight excluding hydrogens is 148 g/mol. The van der Waals surface area contributed by atoms with Crippen LogP contribution < -0.4 is 4.90 Å². The minimum atomic E-state index is 0.251. The van der Waals surface area contributed by atoms with Crippen molar-refractivity contribution in [1.29, 1.82) is 0 Å². The van der Waals surface area contributed by atoms with Gasteiger partial charge >= 0.3 is 0 Å². The maximum atomic E-state index is 4.00. The van der Waals surface area contributed by atoms with Crippen molar-refractivity contribution in [1.82, 2.24) is 4.98 Å². The Morgan fingerprint density at radius 2 is 1.67 bits per heavy atom. The molecule has 0 aliphatic rings. The maximum Gasteiger partial charge on any atom is 0.134 e. The van der Waals surface area contributed by atoms with Gasteiger partial charge in [0.25, 0.3) is 0 Å². The quantitative estimate of drug-likeness (QED) is 0.657. The molecule has 0 radical (unpaired) electrons. The molecule has 2 nitrogen and oxygen atoms in total. The SMILES string of the molecule is C[NH+](c1ccncc1)C(C)(C)C. The number of rotatable bonds is 1. The minimum absolute atomic E-state index is 0.251. The zero-order valence-corrected chi connectivity index (χ0v) is 8.26. The van der Waals surface area contributed by atoms with Gasteiger partial charge in [0.2, 0.25) is 0 Å². The summed E-state index contributed by atoms with van der Waals surface area (Å²) in [5.41, 5.74) is 1.54. The van der Waals surface area contributed by atoms with Gasteiger partial charge in [-0.25, -0.2) is 0 Å². The molecule has 0 aliphatic carbocycles. The van der Waals surface area contributed by atoms with E-state index >= 15 is 0 Å². The molecule has 1 aromatic heterocycles. The monoisotopic (exact) mass is 165 g/mol. The normalized spacial score (nSPS) is 14.3. The second-order valence-electron chi connectivity index (χ2n) is 4.11. The first-order valence-corrected chi connectivity index (χ1v) is 4.26. The Balaban J connectivity index is 2.86. The number of nitrogens with zero attached hydrogens (tertiary/aromatic N) is 1. The lowest BCUT2D eigenvalue weighted by Gasteiger charge is -2.27. The fraction of sp³-hybridized carbons (Fsp3) is 0.500. The molecule has 1 rings (SSSR count). The summed E-state index contributed by atoms with van der Waals surface area (Å²) < 4.78 is 0. The highest BCUT2D eigenvalue weighted by Crippen LogP contribution is 2.01. The first-order valence-electron chi connectivity index (χ1n) is 4.26. The van der Waals surface area contributed by atoms with Gasteiger partial charge in [0.15, 0.2) is 0 Å². The summed E-state index contributed by atoms with van der Waals surface area (Å²) >= 11 is 0. The van der Waals surface area contributed by atoms with E-state index in [1.807, 2.05) is 12.4 Å². The van der Waals surface area contributed by atoms with Crippen molar-refractivity contribution in [2.75, 3.05) is 7.05 Å². The molecule has 0 aliphatic heterocycles. The van der Waals surface area contributed by atoms with Crippen LogP contribution in [-0.4, -0.2) is 17.6 Å². The van der Waals surface area contributed by atoms with E-state index in [2.05, 4.69) is 44.9 Å². The molecule has 1 unspecified atom stereocenters. The first-order chi connectivity index (χ1) is 5.52. The Hall–Kier alpha value is -0.890. The zero-order valence-electron chi connectivity index (χ0n) is 8.26. The van der Waals surface area contributed by atoms with Gasteiger partial charge in [-0.3, -0.25) is 4.98 Å². The number of hydrogen-bond acceptors (Lipinski definition) is 1. The highest BCUT2D eigenvalue weighted by molar-refractivity contribution is 5.24. The van der Waals surface area contributed by atoms with Crippen molar-refractivity contribution in [2.45, 2.75) is 26.3 Å². The predicted molar refractivity (Wildman–Crippen MR) is 50.5 cm³/mol. The third kappa shape index (κ3) is 2.05. The van der Waals surface area contributed by atoms with Crippen LogP contribution >= 0.6 is 0 Å². The third-order valence-electron chi connectivity index (χ3n) is 2.24. The maximum absolute atomic E-state index is 4.00. The molecule has 0 saturated carbocycles. The van der Waals surface area contributed by atoms with Crippen molar-refractivity contribution in [3.05, 3.63) is 24.5 Å². The number of pyridine rings is 1. The van der Waals surface area contributed by atoms with Crippen molar-refractivity contribution < 1.29 is 4.90 Å². The lowest BCUT2D eigenvalue weighted by atomic mass is 10.1.